The minimum Gasteiger partial charge on any atom is -0.355 e. The predicted octanol–water partition coefficient (Wildman–Crippen LogP) is 3.17. The summed E-state index contributed by atoms with van der Waals surface area (Å²) in [6, 6.07) is 16.6. The molecule has 2 aromatic rings. The molecular weight excluding hydrogens is 296 g/mol. The fourth-order valence-electron chi connectivity index (χ4n) is 1.85. The number of rotatable bonds is 5. The lowest BCUT2D eigenvalue weighted by molar-refractivity contribution is -0.115. The fourth-order valence-corrected chi connectivity index (χ4v) is 2.74. The zero-order valence-electron chi connectivity index (χ0n) is 12.5. The van der Waals surface area contributed by atoms with E-state index in [1.165, 1.54) is 11.8 Å². The first-order chi connectivity index (χ1) is 10.6. The van der Waals surface area contributed by atoms with Crippen LogP contribution in [0.2, 0.25) is 0 Å². The first kappa shape index (κ1) is 16.1. The van der Waals surface area contributed by atoms with Crippen molar-refractivity contribution in [1.82, 2.24) is 5.32 Å². The molecule has 1 unspecified atom stereocenters. The summed E-state index contributed by atoms with van der Waals surface area (Å²) in [5.74, 6) is -0.215. The molecule has 0 fully saturated rings. The van der Waals surface area contributed by atoms with Crippen molar-refractivity contribution < 1.29 is 9.59 Å². The largest absolute Gasteiger partial charge is 0.355 e. The van der Waals surface area contributed by atoms with Crippen LogP contribution in [0.25, 0.3) is 0 Å². The Balaban J connectivity index is 1.95. The van der Waals surface area contributed by atoms with Crippen LogP contribution in [-0.2, 0) is 4.79 Å². The number of amides is 2. The van der Waals surface area contributed by atoms with E-state index >= 15 is 0 Å². The van der Waals surface area contributed by atoms with Gasteiger partial charge in [-0.25, -0.2) is 0 Å². The highest BCUT2D eigenvalue weighted by molar-refractivity contribution is 8.00. The summed E-state index contributed by atoms with van der Waals surface area (Å²) >= 11 is 1.51. The summed E-state index contributed by atoms with van der Waals surface area (Å²) in [6.07, 6.45) is 0. The summed E-state index contributed by atoms with van der Waals surface area (Å²) in [5, 5.41) is 5.20. The molecule has 0 spiro atoms. The third kappa shape index (κ3) is 4.36. The second-order valence-electron chi connectivity index (χ2n) is 4.72. The first-order valence-electron chi connectivity index (χ1n) is 6.95. The minimum atomic E-state index is -0.207. The predicted molar refractivity (Wildman–Crippen MR) is 90.2 cm³/mol. The van der Waals surface area contributed by atoms with Crippen LogP contribution in [0.5, 0.6) is 0 Å². The van der Waals surface area contributed by atoms with Crippen LogP contribution in [0.3, 0.4) is 0 Å². The molecule has 0 aliphatic carbocycles. The van der Waals surface area contributed by atoms with E-state index in [0.29, 0.717) is 11.3 Å². The molecule has 22 heavy (non-hydrogen) atoms. The van der Waals surface area contributed by atoms with Crippen LogP contribution in [0.15, 0.2) is 59.5 Å². The monoisotopic (exact) mass is 314 g/mol. The maximum absolute atomic E-state index is 12.2. The van der Waals surface area contributed by atoms with Gasteiger partial charge < -0.3 is 10.6 Å². The highest BCUT2D eigenvalue weighted by Gasteiger charge is 2.14. The molecule has 2 N–H and O–H groups in total. The lowest BCUT2D eigenvalue weighted by atomic mass is 10.2. The van der Waals surface area contributed by atoms with E-state index in [0.717, 1.165) is 4.90 Å². The Bertz CT molecular complexity index is 641. The van der Waals surface area contributed by atoms with E-state index in [4.69, 9.17) is 0 Å². The van der Waals surface area contributed by atoms with E-state index < -0.39 is 0 Å². The van der Waals surface area contributed by atoms with Crippen LogP contribution >= 0.6 is 11.8 Å². The van der Waals surface area contributed by atoms with Gasteiger partial charge in [-0.1, -0.05) is 18.2 Å². The maximum Gasteiger partial charge on any atom is 0.251 e. The number of carbonyl (C=O) groups is 2. The Morgan fingerprint density at radius 2 is 1.64 bits per heavy atom. The molecule has 4 nitrogen and oxygen atoms in total. The van der Waals surface area contributed by atoms with Crippen molar-refractivity contribution in [2.75, 3.05) is 12.4 Å². The molecular formula is C17H18N2O2S. The van der Waals surface area contributed by atoms with Gasteiger partial charge in [0.25, 0.3) is 5.91 Å². The second-order valence-corrected chi connectivity index (χ2v) is 6.13. The standard InChI is InChI=1S/C17H18N2O2S/c1-12(22-15-6-4-3-5-7-15)16(20)19-14-10-8-13(9-11-14)17(21)18-2/h3-12H,1-2H3,(H,18,21)(H,19,20). The van der Waals surface area contributed by atoms with Crippen molar-refractivity contribution in [3.8, 4) is 0 Å². The van der Waals surface area contributed by atoms with E-state index in [1.54, 1.807) is 31.3 Å². The Kier molecular flexibility index (Phi) is 5.61. The summed E-state index contributed by atoms with van der Waals surface area (Å²) in [4.78, 5) is 24.7. The number of carbonyl (C=O) groups excluding carboxylic acids is 2. The van der Waals surface area contributed by atoms with Gasteiger partial charge in [-0.2, -0.15) is 0 Å². The van der Waals surface area contributed by atoms with Gasteiger partial charge in [0, 0.05) is 23.2 Å². The first-order valence-corrected chi connectivity index (χ1v) is 7.83. The fraction of sp³-hybridized carbons (Fsp3) is 0.176. The molecule has 2 rings (SSSR count). The minimum absolute atomic E-state index is 0.0680. The van der Waals surface area contributed by atoms with Crippen molar-refractivity contribution in [3.05, 3.63) is 60.2 Å². The van der Waals surface area contributed by atoms with E-state index in [1.807, 2.05) is 37.3 Å². The summed E-state index contributed by atoms with van der Waals surface area (Å²) in [7, 11) is 1.58. The normalized spacial score (nSPS) is 11.5. The molecule has 0 aliphatic heterocycles. The number of anilines is 1. The van der Waals surface area contributed by atoms with Gasteiger partial charge in [-0.05, 0) is 43.3 Å². The number of thioether (sulfide) groups is 1. The number of hydrogen-bond acceptors (Lipinski definition) is 3. The molecule has 5 heteroatoms. The second kappa shape index (κ2) is 7.66. The summed E-state index contributed by atoms with van der Waals surface area (Å²) in [5.41, 5.74) is 1.24. The third-order valence-corrected chi connectivity index (χ3v) is 4.18. The SMILES string of the molecule is CNC(=O)c1ccc(NC(=O)C(C)Sc2ccccc2)cc1. The van der Waals surface area contributed by atoms with Crippen molar-refractivity contribution in [1.29, 1.82) is 0 Å². The number of hydrogen-bond donors (Lipinski definition) is 2. The van der Waals surface area contributed by atoms with Gasteiger partial charge >= 0.3 is 0 Å². The van der Waals surface area contributed by atoms with Gasteiger partial charge in [-0.15, -0.1) is 11.8 Å². The average Bonchev–Trinajstić information content (AvgIpc) is 2.55. The molecule has 0 aromatic heterocycles. The van der Waals surface area contributed by atoms with Gasteiger partial charge in [0.15, 0.2) is 0 Å². The molecule has 2 aromatic carbocycles. The Morgan fingerprint density at radius 1 is 1.00 bits per heavy atom. The van der Waals surface area contributed by atoms with E-state index in [2.05, 4.69) is 10.6 Å². The lowest BCUT2D eigenvalue weighted by Crippen LogP contribution is -2.22. The van der Waals surface area contributed by atoms with Crippen LogP contribution in [0, 0.1) is 0 Å². The summed E-state index contributed by atoms with van der Waals surface area (Å²) < 4.78 is 0. The van der Waals surface area contributed by atoms with Crippen molar-refractivity contribution in [2.24, 2.45) is 0 Å². The Hall–Kier alpha value is -2.27. The van der Waals surface area contributed by atoms with E-state index in [-0.39, 0.29) is 17.1 Å². The topological polar surface area (TPSA) is 58.2 Å². The zero-order valence-corrected chi connectivity index (χ0v) is 13.3. The van der Waals surface area contributed by atoms with Crippen LogP contribution in [0.4, 0.5) is 5.69 Å². The van der Waals surface area contributed by atoms with Gasteiger partial charge in [-0.3, -0.25) is 9.59 Å². The maximum atomic E-state index is 12.2. The van der Waals surface area contributed by atoms with Crippen molar-refractivity contribution in [2.45, 2.75) is 17.1 Å². The molecule has 0 saturated heterocycles. The van der Waals surface area contributed by atoms with Gasteiger partial charge in [0.05, 0.1) is 5.25 Å². The molecule has 0 bridgehead atoms. The lowest BCUT2D eigenvalue weighted by Gasteiger charge is -2.12. The number of benzene rings is 2. The van der Waals surface area contributed by atoms with Gasteiger partial charge in [0.1, 0.15) is 0 Å². The smallest absolute Gasteiger partial charge is 0.251 e. The van der Waals surface area contributed by atoms with Crippen LogP contribution in [0.1, 0.15) is 17.3 Å². The molecule has 0 aliphatic rings. The molecule has 0 radical (unpaired) electrons. The highest BCUT2D eigenvalue weighted by Crippen LogP contribution is 2.23. The molecule has 114 valence electrons. The quantitative estimate of drug-likeness (QED) is 0.834. The summed E-state index contributed by atoms with van der Waals surface area (Å²) in [6.45, 7) is 1.87. The van der Waals surface area contributed by atoms with Crippen LogP contribution in [-0.4, -0.2) is 24.1 Å². The number of nitrogens with one attached hydrogen (secondary N) is 2. The Labute approximate surface area is 134 Å². The highest BCUT2D eigenvalue weighted by atomic mass is 32.2. The average molecular weight is 314 g/mol. The van der Waals surface area contributed by atoms with Crippen molar-refractivity contribution in [3.63, 3.8) is 0 Å². The van der Waals surface area contributed by atoms with Crippen molar-refractivity contribution >= 4 is 29.3 Å². The molecule has 0 saturated carbocycles. The molecule has 0 heterocycles. The third-order valence-electron chi connectivity index (χ3n) is 3.07. The van der Waals surface area contributed by atoms with Gasteiger partial charge in [0.2, 0.25) is 5.91 Å². The molecule has 2 amide bonds. The molecule has 1 atom stereocenters. The zero-order chi connectivity index (χ0) is 15.9. The van der Waals surface area contributed by atoms with Crippen LogP contribution < -0.4 is 10.6 Å². The van der Waals surface area contributed by atoms with E-state index in [9.17, 15) is 9.59 Å². The Morgan fingerprint density at radius 3 is 2.23 bits per heavy atom.